The summed E-state index contributed by atoms with van der Waals surface area (Å²) in [5, 5.41) is 5.31. The predicted molar refractivity (Wildman–Crippen MR) is 621 cm³/mol. The Bertz CT molecular complexity index is 7620. The minimum atomic E-state index is -0.275. The molecule has 0 amide bonds. The molecule has 7 aliphatic rings. The predicted octanol–water partition coefficient (Wildman–Crippen LogP) is 41.9. The van der Waals surface area contributed by atoms with Crippen LogP contribution in [0.5, 0.6) is 0 Å². The lowest BCUT2D eigenvalue weighted by molar-refractivity contribution is 0.398. The third kappa shape index (κ3) is 15.2. The molecule has 1 atom stereocenters. The van der Waals surface area contributed by atoms with Crippen molar-refractivity contribution in [3.63, 3.8) is 0 Å². The van der Waals surface area contributed by atoms with Gasteiger partial charge in [0.25, 0.3) is 0 Å². The van der Waals surface area contributed by atoms with Gasteiger partial charge in [0.05, 0.1) is 0 Å². The molecule has 0 spiro atoms. The fourth-order valence-electron chi connectivity index (χ4n) is 29.6. The van der Waals surface area contributed by atoms with Crippen molar-refractivity contribution in [3.8, 4) is 145 Å². The highest BCUT2D eigenvalue weighted by atomic mass is 14.5. The number of unbranched alkanes of at least 4 members (excludes halogenated alkanes) is 19. The smallest absolute Gasteiger partial charge is 0.0215 e. The maximum absolute atomic E-state index is 2.66. The molecule has 23 rings (SSSR count). The van der Waals surface area contributed by atoms with Crippen LogP contribution in [-0.4, -0.2) is 0 Å². The Kier molecular flexibility index (Phi) is 24.5. The van der Waals surface area contributed by atoms with Gasteiger partial charge in [0.2, 0.25) is 0 Å². The summed E-state index contributed by atoms with van der Waals surface area (Å²) in [6.45, 7) is 43.8. The summed E-state index contributed by atoms with van der Waals surface area (Å²) in [5.41, 5.74) is 60.2. The fourth-order valence-corrected chi connectivity index (χ4v) is 29.6. The molecule has 0 N–H and O–H groups in total. The molecule has 0 saturated heterocycles. The molecule has 0 radical (unpaired) electrons. The van der Waals surface area contributed by atoms with Gasteiger partial charge in [0, 0.05) is 37.9 Å². The third-order valence-electron chi connectivity index (χ3n) is 37.8. The van der Waals surface area contributed by atoms with Crippen LogP contribution in [0.15, 0.2) is 267 Å². The topological polar surface area (TPSA) is 0 Å². The van der Waals surface area contributed by atoms with Crippen molar-refractivity contribution in [2.75, 3.05) is 0 Å². The number of hydrogen-bond donors (Lipinski definition) is 0. The van der Waals surface area contributed by atoms with Gasteiger partial charge >= 0.3 is 0 Å². The zero-order valence-corrected chi connectivity index (χ0v) is 90.0. The van der Waals surface area contributed by atoms with E-state index in [2.05, 4.69) is 392 Å². The van der Waals surface area contributed by atoms with Gasteiger partial charge < -0.3 is 0 Å². The van der Waals surface area contributed by atoms with Crippen molar-refractivity contribution < 1.29 is 0 Å². The second-order valence-corrected chi connectivity index (χ2v) is 48.3. The van der Waals surface area contributed by atoms with Crippen LogP contribution in [0.25, 0.3) is 166 Å². The average molecular weight is 1880 g/mol. The fraction of sp³-hybridized carbons (Fsp3) is 0.361. The van der Waals surface area contributed by atoms with E-state index in [1.165, 1.54) is 417 Å². The minimum absolute atomic E-state index is 0.0446. The number of hydrogen-bond acceptors (Lipinski definition) is 0. The van der Waals surface area contributed by atoms with Crippen LogP contribution in [-0.2, 0) is 37.9 Å². The van der Waals surface area contributed by atoms with Crippen molar-refractivity contribution in [2.24, 2.45) is 0 Å². The molecule has 7 aliphatic carbocycles. The maximum Gasteiger partial charge on any atom is 0.0215 e. The first-order chi connectivity index (χ1) is 69.7. The van der Waals surface area contributed by atoms with Gasteiger partial charge in [-0.15, -0.1) is 0 Å². The van der Waals surface area contributed by atoms with E-state index in [4.69, 9.17) is 0 Å². The van der Waals surface area contributed by atoms with E-state index in [9.17, 15) is 0 Å². The molecule has 0 fully saturated rings. The first-order valence-corrected chi connectivity index (χ1v) is 56.5. The molecule has 1 unspecified atom stereocenters. The molecule has 16 aromatic rings. The Morgan fingerprint density at radius 1 is 0.153 bits per heavy atom. The van der Waals surface area contributed by atoms with Crippen LogP contribution in [0, 0.1) is 27.7 Å². The van der Waals surface area contributed by atoms with Crippen molar-refractivity contribution in [1.82, 2.24) is 0 Å². The second kappa shape index (κ2) is 36.9. The van der Waals surface area contributed by atoms with Gasteiger partial charge in [0.1, 0.15) is 0 Å². The van der Waals surface area contributed by atoms with Gasteiger partial charge in [-0.2, -0.15) is 0 Å². The molecule has 0 nitrogen and oxygen atoms in total. The van der Waals surface area contributed by atoms with Crippen molar-refractivity contribution in [1.29, 1.82) is 0 Å². The number of fused-ring (bicyclic) bond motifs is 25. The largest absolute Gasteiger partial charge is 0.0654 e. The van der Waals surface area contributed by atoms with E-state index < -0.39 is 0 Å². The normalized spacial score (nSPS) is 16.4. The van der Waals surface area contributed by atoms with Crippen LogP contribution in [0.1, 0.15) is 370 Å². The third-order valence-corrected chi connectivity index (χ3v) is 37.8. The zero-order chi connectivity index (χ0) is 99.4. The number of aryl methyl sites for hydroxylation is 4. The lowest BCUT2D eigenvalue weighted by atomic mass is 9.70. The monoisotopic (exact) mass is 1880 g/mol. The standard InChI is InChI=1S/C144H152/c1-19-23-27-31-35-47-71-143(70-46-34-30-26-22-4)122-56-44-42-52-102(122)108-66-60-96(80-132(108)143)94-58-64-104-106-68-62-98(82-126(106)138(9,10)124(104)78-94)112-74-92(7)114(76-90(112)5)116-84-134-136(110-54-40-38-50-100(110)116)120-88-128-118(86-130(120)141(134,15)16)119-87-131-121(89-129(119)140(128,13)14)137-111-55-41-39-51-101(111)117(85-135(137)142(131,17)18)115-77-91(6)113(75-93(115)8)99-63-69-107-105-65-59-95(79-125(105)139(11,12)127(107)83-99)97-61-67-109-103-53-43-45-57-123(103)144(133(109)81-97,72-48-36-32-28-24-20-2)73-49-37-33-29-25-21-3/h38-45,50-69,74-89H,19-37,46-49,70-73H2,1-18H3. The summed E-state index contributed by atoms with van der Waals surface area (Å²) < 4.78 is 0. The molecule has 16 aromatic carbocycles. The van der Waals surface area contributed by atoms with E-state index in [0.717, 1.165) is 0 Å². The van der Waals surface area contributed by atoms with Crippen molar-refractivity contribution in [2.45, 2.75) is 336 Å². The van der Waals surface area contributed by atoms with Gasteiger partial charge in [0.15, 0.2) is 0 Å². The van der Waals surface area contributed by atoms with Gasteiger partial charge in [-0.1, -0.05) is 439 Å². The van der Waals surface area contributed by atoms with Crippen LogP contribution < -0.4 is 0 Å². The lowest BCUT2D eigenvalue weighted by Gasteiger charge is -2.33. The van der Waals surface area contributed by atoms with Crippen LogP contribution in [0.4, 0.5) is 0 Å². The summed E-state index contributed by atoms with van der Waals surface area (Å²) >= 11 is 0. The highest BCUT2D eigenvalue weighted by Gasteiger charge is 2.50. The highest BCUT2D eigenvalue weighted by molar-refractivity contribution is 6.13. The van der Waals surface area contributed by atoms with E-state index in [1.54, 1.807) is 22.3 Å². The van der Waals surface area contributed by atoms with Crippen LogP contribution >= 0.6 is 0 Å². The molecule has 728 valence electrons. The van der Waals surface area contributed by atoms with E-state index in [0.29, 0.717) is 0 Å². The van der Waals surface area contributed by atoms with Crippen LogP contribution in [0.3, 0.4) is 0 Å². The lowest BCUT2D eigenvalue weighted by Crippen LogP contribution is -2.25. The molecule has 0 bridgehead atoms. The first kappa shape index (κ1) is 95.6. The summed E-state index contributed by atoms with van der Waals surface area (Å²) in [7, 11) is 0. The summed E-state index contributed by atoms with van der Waals surface area (Å²) in [5.74, 6) is 0. The van der Waals surface area contributed by atoms with Gasteiger partial charge in [-0.3, -0.25) is 0 Å². The summed E-state index contributed by atoms with van der Waals surface area (Å²) in [6, 6.07) is 109. The molecule has 144 heavy (non-hydrogen) atoms. The molecule has 0 heteroatoms. The molecule has 0 heterocycles. The van der Waals surface area contributed by atoms with Gasteiger partial charge in [-0.25, -0.2) is 0 Å². The second-order valence-electron chi connectivity index (χ2n) is 48.3. The zero-order valence-electron chi connectivity index (χ0n) is 90.0. The van der Waals surface area contributed by atoms with Crippen LogP contribution in [0.2, 0.25) is 0 Å². The molecular weight excluding hydrogens is 1730 g/mol. The minimum Gasteiger partial charge on any atom is -0.0654 e. The van der Waals surface area contributed by atoms with Crippen molar-refractivity contribution >= 4 is 21.5 Å². The average Bonchev–Trinajstić information content (AvgIpc) is 1.51. The Labute approximate surface area is 862 Å². The molecule has 0 saturated carbocycles. The molecule has 0 aliphatic heterocycles. The Balaban J connectivity index is 0.519. The van der Waals surface area contributed by atoms with Crippen molar-refractivity contribution in [3.05, 3.63) is 367 Å². The number of benzene rings is 16. The van der Waals surface area contributed by atoms with E-state index in [-0.39, 0.29) is 37.9 Å². The van der Waals surface area contributed by atoms with E-state index in [1.807, 2.05) is 0 Å². The summed E-state index contributed by atoms with van der Waals surface area (Å²) in [6.07, 6.45) is 35.3. The quantitative estimate of drug-likeness (QED) is 0.0360. The molecular formula is C144H152. The SMILES string of the molecule is CCCCCCCCC1(CCCCCCC)c2ccccc2-c2ccc(-c3ccc4c(c3)C(C)(C)c3cc(-c5cc(C)c(-c6cc7c(c8ccccc68)-c6cc8c(cc6C7(C)C)-c6cc7c(cc6C8(C)C)-c6c(cc(-c8cc(C)c(-c9ccc%10c(c9)C(C)(C)c9cc(-c%11ccc%12c(c%11)C(CCCCCCCC)(CCCCCCCC)c%11ccccc%11-%12)ccc9-%10)cc8C)c8ccccc68)C7(C)C)cc5C)ccc3-4)cc21. The Hall–Kier alpha value is -12.0. The van der Waals surface area contributed by atoms with E-state index >= 15 is 0 Å². The first-order valence-electron chi connectivity index (χ1n) is 56.5. The van der Waals surface area contributed by atoms with Gasteiger partial charge in [-0.05, 0) is 393 Å². The summed E-state index contributed by atoms with van der Waals surface area (Å²) in [4.78, 5) is 0. The highest BCUT2D eigenvalue weighted by Crippen LogP contribution is 2.65. The Morgan fingerprint density at radius 2 is 0.375 bits per heavy atom. The Morgan fingerprint density at radius 3 is 0.708 bits per heavy atom. The number of rotatable bonds is 33. The molecule has 0 aromatic heterocycles. The maximum atomic E-state index is 2.66.